The minimum atomic E-state index is -0.854. The van der Waals surface area contributed by atoms with Gasteiger partial charge in [0.1, 0.15) is 5.82 Å². The lowest BCUT2D eigenvalue weighted by atomic mass is 10.2. The Morgan fingerprint density at radius 1 is 1.50 bits per heavy atom. The predicted molar refractivity (Wildman–Crippen MR) is 66.9 cm³/mol. The first kappa shape index (κ1) is 14.4. The zero-order valence-electron chi connectivity index (χ0n) is 10.6. The zero-order valence-corrected chi connectivity index (χ0v) is 10.6. The average molecular weight is 255 g/mol. The van der Waals surface area contributed by atoms with Crippen LogP contribution in [0.15, 0.2) is 18.2 Å². The van der Waals surface area contributed by atoms with Gasteiger partial charge >= 0.3 is 5.97 Å². The molecule has 2 N–H and O–H groups in total. The number of aliphatic hydroxyl groups is 1. The Kier molecular flexibility index (Phi) is 5.58. The van der Waals surface area contributed by atoms with Crippen molar-refractivity contribution in [3.63, 3.8) is 0 Å². The molecule has 0 bridgehead atoms. The number of rotatable bonds is 6. The molecule has 0 aliphatic rings. The van der Waals surface area contributed by atoms with Crippen LogP contribution in [0.1, 0.15) is 18.9 Å². The Balaban J connectivity index is 2.42. The normalized spacial score (nSPS) is 12.0. The van der Waals surface area contributed by atoms with E-state index in [1.54, 1.807) is 19.9 Å². The lowest BCUT2D eigenvalue weighted by Crippen LogP contribution is -2.23. The molecule has 0 radical (unpaired) electrons. The molecule has 1 aromatic carbocycles. The number of aliphatic hydroxyl groups excluding tert-OH is 1. The van der Waals surface area contributed by atoms with Crippen LogP contribution in [0.25, 0.3) is 0 Å². The third kappa shape index (κ3) is 5.14. The monoisotopic (exact) mass is 255 g/mol. The number of halogens is 1. The third-order valence-electron chi connectivity index (χ3n) is 2.29. The second-order valence-electron chi connectivity index (χ2n) is 4.06. The Morgan fingerprint density at radius 2 is 2.22 bits per heavy atom. The van der Waals surface area contributed by atoms with Crippen molar-refractivity contribution in [3.8, 4) is 0 Å². The quantitative estimate of drug-likeness (QED) is 0.762. The van der Waals surface area contributed by atoms with Crippen LogP contribution >= 0.6 is 0 Å². The summed E-state index contributed by atoms with van der Waals surface area (Å²) in [6.45, 7) is 3.95. The number of aryl methyl sites for hydroxylation is 1. The van der Waals surface area contributed by atoms with Crippen molar-refractivity contribution in [2.75, 3.05) is 18.5 Å². The van der Waals surface area contributed by atoms with Gasteiger partial charge in [-0.15, -0.1) is 0 Å². The van der Waals surface area contributed by atoms with Crippen LogP contribution in [-0.4, -0.2) is 30.3 Å². The fraction of sp³-hybridized carbons (Fsp3) is 0.462. The van der Waals surface area contributed by atoms with Crippen molar-refractivity contribution in [1.82, 2.24) is 0 Å². The number of nitrogens with one attached hydrogen (secondary N) is 1. The molecule has 0 aliphatic carbocycles. The van der Waals surface area contributed by atoms with Gasteiger partial charge < -0.3 is 15.2 Å². The molecule has 1 unspecified atom stereocenters. The number of hydrogen-bond acceptors (Lipinski definition) is 4. The molecule has 0 fully saturated rings. The van der Waals surface area contributed by atoms with Crippen molar-refractivity contribution in [1.29, 1.82) is 0 Å². The van der Waals surface area contributed by atoms with Crippen LogP contribution in [0.2, 0.25) is 0 Å². The fourth-order valence-corrected chi connectivity index (χ4v) is 1.56. The number of carbonyl (C=O) groups excluding carboxylic acids is 1. The Labute approximate surface area is 106 Å². The first-order valence-corrected chi connectivity index (χ1v) is 5.86. The topological polar surface area (TPSA) is 58.6 Å². The number of esters is 1. The number of anilines is 1. The van der Waals surface area contributed by atoms with E-state index in [0.29, 0.717) is 12.3 Å². The Bertz CT molecular complexity index is 389. The van der Waals surface area contributed by atoms with Crippen LogP contribution in [-0.2, 0) is 9.53 Å². The van der Waals surface area contributed by atoms with Gasteiger partial charge in [0.15, 0.2) is 0 Å². The molecule has 1 atom stereocenters. The maximum atomic E-state index is 13.1. The summed E-state index contributed by atoms with van der Waals surface area (Å²) >= 11 is 0. The first-order chi connectivity index (χ1) is 8.51. The lowest BCUT2D eigenvalue weighted by molar-refractivity contribution is -0.145. The molecule has 1 rings (SSSR count). The van der Waals surface area contributed by atoms with Gasteiger partial charge in [-0.2, -0.15) is 0 Å². The second-order valence-corrected chi connectivity index (χ2v) is 4.06. The van der Waals surface area contributed by atoms with Crippen LogP contribution in [0, 0.1) is 12.7 Å². The van der Waals surface area contributed by atoms with E-state index in [2.05, 4.69) is 5.32 Å². The molecule has 1 aromatic rings. The molecule has 0 spiro atoms. The highest BCUT2D eigenvalue weighted by atomic mass is 19.1. The summed E-state index contributed by atoms with van der Waals surface area (Å²) in [6, 6.07) is 4.52. The van der Waals surface area contributed by atoms with Crippen molar-refractivity contribution < 1.29 is 19.0 Å². The minimum absolute atomic E-state index is 0.0743. The molecule has 0 aromatic heterocycles. The van der Waals surface area contributed by atoms with Gasteiger partial charge in [-0.05, 0) is 37.6 Å². The highest BCUT2D eigenvalue weighted by Crippen LogP contribution is 2.13. The van der Waals surface area contributed by atoms with Crippen LogP contribution < -0.4 is 5.32 Å². The molecule has 0 aliphatic heterocycles. The molecule has 5 heteroatoms. The third-order valence-corrected chi connectivity index (χ3v) is 2.29. The summed E-state index contributed by atoms with van der Waals surface area (Å²) in [5.41, 5.74) is 1.37. The molecule has 0 heterocycles. The van der Waals surface area contributed by atoms with Crippen molar-refractivity contribution >= 4 is 11.7 Å². The largest absolute Gasteiger partial charge is 0.466 e. The standard InChI is InChI=1S/C13H18FNO3/c1-3-18-13(17)7-12(16)8-15-11-5-9(2)4-10(14)6-11/h4-6,12,15-16H,3,7-8H2,1-2H3. The van der Waals surface area contributed by atoms with E-state index in [9.17, 15) is 14.3 Å². The van der Waals surface area contributed by atoms with E-state index in [-0.39, 0.29) is 18.8 Å². The van der Waals surface area contributed by atoms with Gasteiger partial charge in [0, 0.05) is 12.2 Å². The SMILES string of the molecule is CCOC(=O)CC(O)CNc1cc(C)cc(F)c1. The smallest absolute Gasteiger partial charge is 0.308 e. The summed E-state index contributed by atoms with van der Waals surface area (Å²) in [7, 11) is 0. The Morgan fingerprint density at radius 3 is 2.83 bits per heavy atom. The van der Waals surface area contributed by atoms with Gasteiger partial charge in [-0.25, -0.2) is 4.39 Å². The fourth-order valence-electron chi connectivity index (χ4n) is 1.56. The van der Waals surface area contributed by atoms with Crippen LogP contribution in [0.5, 0.6) is 0 Å². The van der Waals surface area contributed by atoms with E-state index in [0.717, 1.165) is 5.56 Å². The van der Waals surface area contributed by atoms with Gasteiger partial charge in [-0.1, -0.05) is 0 Å². The maximum absolute atomic E-state index is 13.1. The molecular formula is C13H18FNO3. The maximum Gasteiger partial charge on any atom is 0.308 e. The molecule has 18 heavy (non-hydrogen) atoms. The van der Waals surface area contributed by atoms with Gasteiger partial charge in [0.2, 0.25) is 0 Å². The van der Waals surface area contributed by atoms with Crippen LogP contribution in [0.4, 0.5) is 10.1 Å². The zero-order chi connectivity index (χ0) is 13.5. The van der Waals surface area contributed by atoms with E-state index >= 15 is 0 Å². The number of carbonyl (C=O) groups is 1. The lowest BCUT2D eigenvalue weighted by Gasteiger charge is -2.12. The van der Waals surface area contributed by atoms with Gasteiger partial charge in [0.25, 0.3) is 0 Å². The molecule has 100 valence electrons. The van der Waals surface area contributed by atoms with Crippen molar-refractivity contribution in [2.24, 2.45) is 0 Å². The second kappa shape index (κ2) is 6.96. The first-order valence-electron chi connectivity index (χ1n) is 5.86. The number of hydrogen-bond donors (Lipinski definition) is 2. The van der Waals surface area contributed by atoms with E-state index in [4.69, 9.17) is 4.74 Å². The molecule has 0 saturated carbocycles. The number of ether oxygens (including phenoxy) is 1. The molecule has 0 amide bonds. The van der Waals surface area contributed by atoms with Crippen molar-refractivity contribution in [3.05, 3.63) is 29.6 Å². The summed E-state index contributed by atoms with van der Waals surface area (Å²) in [5, 5.41) is 12.5. The van der Waals surface area contributed by atoms with E-state index < -0.39 is 12.1 Å². The molecule has 0 saturated heterocycles. The van der Waals surface area contributed by atoms with E-state index in [1.807, 2.05) is 0 Å². The number of benzene rings is 1. The summed E-state index contributed by atoms with van der Waals surface area (Å²) < 4.78 is 17.8. The molecule has 4 nitrogen and oxygen atoms in total. The van der Waals surface area contributed by atoms with Gasteiger partial charge in [0.05, 0.1) is 19.1 Å². The summed E-state index contributed by atoms with van der Waals surface area (Å²) in [5.74, 6) is -0.778. The Hall–Kier alpha value is -1.62. The summed E-state index contributed by atoms with van der Waals surface area (Å²) in [4.78, 5) is 11.1. The van der Waals surface area contributed by atoms with Crippen molar-refractivity contribution in [2.45, 2.75) is 26.4 Å². The highest BCUT2D eigenvalue weighted by Gasteiger charge is 2.11. The van der Waals surface area contributed by atoms with Crippen LogP contribution in [0.3, 0.4) is 0 Å². The average Bonchev–Trinajstić information content (AvgIpc) is 2.25. The highest BCUT2D eigenvalue weighted by molar-refractivity contribution is 5.70. The van der Waals surface area contributed by atoms with Gasteiger partial charge in [-0.3, -0.25) is 4.79 Å². The molecular weight excluding hydrogens is 237 g/mol. The summed E-state index contributed by atoms with van der Waals surface area (Å²) in [6.07, 6.45) is -0.928. The van der Waals surface area contributed by atoms with E-state index in [1.165, 1.54) is 12.1 Å². The predicted octanol–water partition coefficient (Wildman–Crippen LogP) is 1.86. The minimum Gasteiger partial charge on any atom is -0.466 e.